The minimum Gasteiger partial charge on any atom is -0.479 e. The van der Waals surface area contributed by atoms with Gasteiger partial charge in [0.2, 0.25) is 0 Å². The molecule has 0 bridgehead atoms. The van der Waals surface area contributed by atoms with Gasteiger partial charge < -0.3 is 159 Å². The highest BCUT2D eigenvalue weighted by molar-refractivity contribution is 5.74. The fourth-order valence-corrected chi connectivity index (χ4v) is 8.56. The SMILES string of the molecule is C[C@@H]1O[C@@H](O[C@@H]2[C@H](O)[C@@H](OC[C@H]3O[C@H](O[C@@H]4[C@H](O)[C@@H](O)[C@@H](OC[C@H]5O[C@H](O[C@H]6[C@H](O)[C@@H](O)[C@@H](OCC(O)CO)O[C@@H]6C(=O)O)[C@H](O)[C@@H](O)[C@@H]5O)O[C@@H]4C(=O)O)[C@@H](O)[C@@H](O)[C@@H]3O)O[C@H](CO)[C@H]2O)[C@H](O)[C@H](O)[C@H]1O. The molecule has 73 heavy (non-hydrogen) atoms. The molecule has 0 aromatic rings. The van der Waals surface area contributed by atoms with Gasteiger partial charge >= 0.3 is 11.9 Å². The van der Waals surface area contributed by atoms with Gasteiger partial charge in [-0.05, 0) is 6.92 Å². The van der Waals surface area contributed by atoms with Gasteiger partial charge in [0, 0.05) is 0 Å². The molecule has 6 saturated heterocycles. The summed E-state index contributed by atoms with van der Waals surface area (Å²) in [6, 6.07) is 0. The molecule has 34 heteroatoms. The second kappa shape index (κ2) is 25.5. The van der Waals surface area contributed by atoms with Gasteiger partial charge in [0.05, 0.1) is 39.1 Å². The topological polar surface area (TPSA) is 550 Å². The summed E-state index contributed by atoms with van der Waals surface area (Å²) in [5.74, 6) is -3.73. The molecule has 6 fully saturated rings. The maximum absolute atomic E-state index is 12.5. The van der Waals surface area contributed by atoms with Crippen molar-refractivity contribution in [1.29, 1.82) is 0 Å². The monoisotopic (exact) mass is 1080 g/mol. The molecule has 0 aromatic heterocycles. The Morgan fingerprint density at radius 2 is 0.781 bits per heavy atom. The van der Waals surface area contributed by atoms with Crippen LogP contribution >= 0.6 is 0 Å². The molecule has 20 N–H and O–H groups in total. The predicted molar refractivity (Wildman–Crippen MR) is 216 cm³/mol. The van der Waals surface area contributed by atoms with Gasteiger partial charge in [-0.2, -0.15) is 0 Å². The Hall–Kier alpha value is -2.26. The van der Waals surface area contributed by atoms with Crippen LogP contribution in [0.3, 0.4) is 0 Å². The van der Waals surface area contributed by atoms with Gasteiger partial charge in [-0.15, -0.1) is 0 Å². The largest absolute Gasteiger partial charge is 0.479 e. The summed E-state index contributed by atoms with van der Waals surface area (Å²) >= 11 is 0. The molecular formula is C39H64O34. The number of carboxylic acids is 2. The molecule has 0 radical (unpaired) electrons. The van der Waals surface area contributed by atoms with Crippen LogP contribution in [0.25, 0.3) is 0 Å². The molecule has 6 aliphatic rings. The molecule has 0 saturated carbocycles. The van der Waals surface area contributed by atoms with Crippen molar-refractivity contribution in [3.05, 3.63) is 0 Å². The standard InChI is InChI=1S/C39H64O34/c1-7-12(43)16(47)21(52)37(65-7)69-27-15(46)9(3-41)66-36(26(27)57)64-6-11-14(45)18(49)23(54)39(68-11)71-29-20(51)25(56)35(73-31(29)33(60)61)63-5-10-13(44)17(48)22(53)38(67-10)70-28-19(50)24(55)34(62-4-8(42)2-40)72-30(28)32(58)59/h7-31,34-57H,2-6H2,1H3,(H,58,59)(H,60,61)/t7-,8?,9+,10+,11+,12-,13+,14+,15+,16+,17-,18-,19+,20+,21+,22+,23-,24+,25+,26-,27-,28-,29+,30-,31-,34-,35-,36-,37-,38+,39+/m0/s1. The van der Waals surface area contributed by atoms with Gasteiger partial charge in [-0.3, -0.25) is 0 Å². The third kappa shape index (κ3) is 13.0. The third-order valence-corrected chi connectivity index (χ3v) is 12.9. The van der Waals surface area contributed by atoms with Crippen molar-refractivity contribution >= 4 is 11.9 Å². The van der Waals surface area contributed by atoms with Crippen molar-refractivity contribution in [2.45, 2.75) is 197 Å². The van der Waals surface area contributed by atoms with Crippen molar-refractivity contribution in [3.8, 4) is 0 Å². The zero-order chi connectivity index (χ0) is 54.1. The molecule has 31 atom stereocenters. The van der Waals surface area contributed by atoms with E-state index in [1.54, 1.807) is 0 Å². The second-order valence-electron chi connectivity index (χ2n) is 18.0. The Labute approximate surface area is 410 Å². The first-order chi connectivity index (χ1) is 34.3. The average molecular weight is 1080 g/mol. The van der Waals surface area contributed by atoms with Crippen LogP contribution in [0.5, 0.6) is 0 Å². The van der Waals surface area contributed by atoms with Crippen molar-refractivity contribution in [2.75, 3.05) is 33.0 Å². The van der Waals surface area contributed by atoms with E-state index in [4.69, 9.17) is 61.9 Å². The molecule has 6 heterocycles. The number of carboxylic acid groups (broad SMARTS) is 2. The number of carbonyl (C=O) groups is 2. The van der Waals surface area contributed by atoms with Crippen molar-refractivity contribution in [1.82, 2.24) is 0 Å². The van der Waals surface area contributed by atoms with E-state index in [-0.39, 0.29) is 0 Å². The van der Waals surface area contributed by atoms with E-state index in [1.165, 1.54) is 6.92 Å². The number of rotatable bonds is 19. The lowest BCUT2D eigenvalue weighted by atomic mass is 9.96. The minimum absolute atomic E-state index is 0.681. The summed E-state index contributed by atoms with van der Waals surface area (Å²) in [4.78, 5) is 24.6. The van der Waals surface area contributed by atoms with Gasteiger partial charge in [0.25, 0.3) is 0 Å². The van der Waals surface area contributed by atoms with E-state index in [2.05, 4.69) is 0 Å². The fraction of sp³-hybridized carbons (Fsp3) is 0.949. The maximum atomic E-state index is 12.5. The number of hydrogen-bond acceptors (Lipinski definition) is 32. The fourth-order valence-electron chi connectivity index (χ4n) is 8.56. The molecule has 34 nitrogen and oxygen atoms in total. The van der Waals surface area contributed by atoms with Crippen molar-refractivity contribution < 1.29 is 169 Å². The zero-order valence-corrected chi connectivity index (χ0v) is 38.1. The predicted octanol–water partition coefficient (Wildman–Crippen LogP) is -13.5. The van der Waals surface area contributed by atoms with Gasteiger partial charge in [0.1, 0.15) is 134 Å². The van der Waals surface area contributed by atoms with Crippen LogP contribution in [0.4, 0.5) is 0 Å². The summed E-state index contributed by atoms with van der Waals surface area (Å²) in [6.07, 6.45) is -61.5. The van der Waals surface area contributed by atoms with Crippen LogP contribution in [-0.4, -0.2) is 337 Å². The Bertz CT molecular complexity index is 1760. The third-order valence-electron chi connectivity index (χ3n) is 12.9. The normalized spacial score (nSPS) is 50.3. The highest BCUT2D eigenvalue weighted by Gasteiger charge is 2.57. The molecule has 6 aliphatic heterocycles. The molecule has 6 rings (SSSR count). The van der Waals surface area contributed by atoms with Crippen molar-refractivity contribution in [2.24, 2.45) is 0 Å². The Morgan fingerprint density at radius 3 is 1.21 bits per heavy atom. The lowest BCUT2D eigenvalue weighted by Crippen LogP contribution is -2.66. The van der Waals surface area contributed by atoms with E-state index in [0.29, 0.717) is 0 Å². The first-order valence-electron chi connectivity index (χ1n) is 22.6. The molecule has 424 valence electrons. The van der Waals surface area contributed by atoms with Gasteiger partial charge in [-0.1, -0.05) is 0 Å². The second-order valence-corrected chi connectivity index (χ2v) is 18.0. The lowest BCUT2D eigenvalue weighted by molar-refractivity contribution is -0.373. The molecule has 0 spiro atoms. The summed E-state index contributed by atoms with van der Waals surface area (Å²) in [6.45, 7) is -2.98. The number of aliphatic carboxylic acids is 2. The quantitative estimate of drug-likeness (QED) is 0.0571. The minimum atomic E-state index is -2.36. The van der Waals surface area contributed by atoms with E-state index in [9.17, 15) is 107 Å². The number of aliphatic hydroxyl groups excluding tert-OH is 18. The summed E-state index contributed by atoms with van der Waals surface area (Å²) in [7, 11) is 0. The highest BCUT2D eigenvalue weighted by Crippen LogP contribution is 2.35. The highest BCUT2D eigenvalue weighted by atomic mass is 16.8. The number of hydrogen-bond donors (Lipinski definition) is 20. The van der Waals surface area contributed by atoms with Crippen LogP contribution in [0, 0.1) is 0 Å². The zero-order valence-electron chi connectivity index (χ0n) is 38.1. The summed E-state index contributed by atoms with van der Waals surface area (Å²) in [5, 5.41) is 209. The summed E-state index contributed by atoms with van der Waals surface area (Å²) < 4.78 is 64.9. The maximum Gasteiger partial charge on any atom is 0.335 e. The Kier molecular flexibility index (Phi) is 20.9. The average Bonchev–Trinajstić information content (AvgIpc) is 3.35. The van der Waals surface area contributed by atoms with Crippen LogP contribution in [0.15, 0.2) is 0 Å². The first kappa shape index (κ1) is 60.0. The van der Waals surface area contributed by atoms with Gasteiger partial charge in [-0.25, -0.2) is 9.59 Å². The van der Waals surface area contributed by atoms with Gasteiger partial charge in [0.15, 0.2) is 49.9 Å². The van der Waals surface area contributed by atoms with E-state index in [1.807, 2.05) is 0 Å². The molecular weight excluding hydrogens is 1010 g/mol. The van der Waals surface area contributed by atoms with E-state index in [0.717, 1.165) is 0 Å². The summed E-state index contributed by atoms with van der Waals surface area (Å²) in [5.41, 5.74) is 0. The molecule has 0 aromatic carbocycles. The van der Waals surface area contributed by atoms with Crippen molar-refractivity contribution in [3.63, 3.8) is 0 Å². The number of aliphatic hydroxyl groups is 18. The smallest absolute Gasteiger partial charge is 0.335 e. The molecule has 0 aliphatic carbocycles. The van der Waals surface area contributed by atoms with Crippen LogP contribution < -0.4 is 0 Å². The Balaban J connectivity index is 1.08. The molecule has 0 amide bonds. The molecule has 1 unspecified atom stereocenters. The van der Waals surface area contributed by atoms with Crippen LogP contribution in [-0.2, 0) is 66.4 Å². The lowest BCUT2D eigenvalue weighted by Gasteiger charge is -2.47. The first-order valence-corrected chi connectivity index (χ1v) is 22.6. The Morgan fingerprint density at radius 1 is 0.411 bits per heavy atom. The number of ether oxygens (including phenoxy) is 12. The van der Waals surface area contributed by atoms with Crippen LogP contribution in [0.1, 0.15) is 6.92 Å². The van der Waals surface area contributed by atoms with Crippen LogP contribution in [0.2, 0.25) is 0 Å². The van der Waals surface area contributed by atoms with E-state index >= 15 is 0 Å². The van der Waals surface area contributed by atoms with E-state index < -0.39 is 235 Å².